The van der Waals surface area contributed by atoms with Crippen molar-refractivity contribution in [3.8, 4) is 5.75 Å². The second kappa shape index (κ2) is 8.29. The molecule has 2 amide bonds. The van der Waals surface area contributed by atoms with Crippen LogP contribution in [0.1, 0.15) is 37.9 Å². The van der Waals surface area contributed by atoms with Crippen LogP contribution >= 0.6 is 0 Å². The lowest BCUT2D eigenvalue weighted by atomic mass is 9.84. The molecular formula is C28H28N2O4. The highest BCUT2D eigenvalue weighted by atomic mass is 16.7. The highest BCUT2D eigenvalue weighted by Gasteiger charge is 2.60. The second-order valence-electron chi connectivity index (χ2n) is 9.74. The molecule has 5 rings (SSSR count). The minimum Gasteiger partial charge on any atom is -0.497 e. The fourth-order valence-electron chi connectivity index (χ4n) is 4.72. The van der Waals surface area contributed by atoms with E-state index in [0.29, 0.717) is 11.4 Å². The Morgan fingerprint density at radius 3 is 2.03 bits per heavy atom. The quantitative estimate of drug-likeness (QED) is 0.515. The Labute approximate surface area is 199 Å². The van der Waals surface area contributed by atoms with Crippen molar-refractivity contribution in [1.82, 2.24) is 0 Å². The highest BCUT2D eigenvalue weighted by molar-refractivity contribution is 6.23. The molecule has 6 nitrogen and oxygen atoms in total. The molecule has 174 valence electrons. The van der Waals surface area contributed by atoms with Gasteiger partial charge in [-0.05, 0) is 52.9 Å². The number of fused-ring (bicyclic) bond motifs is 1. The second-order valence-corrected chi connectivity index (χ2v) is 9.74. The predicted molar refractivity (Wildman–Crippen MR) is 131 cm³/mol. The number of carbonyl (C=O) groups is 2. The summed E-state index contributed by atoms with van der Waals surface area (Å²) in [6.07, 6.45) is -0.887. The summed E-state index contributed by atoms with van der Waals surface area (Å²) in [6.45, 7) is 6.50. The summed E-state index contributed by atoms with van der Waals surface area (Å²) < 4.78 is 5.21. The van der Waals surface area contributed by atoms with Crippen LogP contribution in [0.4, 0.5) is 11.4 Å². The maximum Gasteiger partial charge on any atom is 0.266 e. The number of rotatable bonds is 4. The van der Waals surface area contributed by atoms with Crippen molar-refractivity contribution in [2.75, 3.05) is 17.1 Å². The summed E-state index contributed by atoms with van der Waals surface area (Å²) in [7, 11) is 1.58. The third-order valence-corrected chi connectivity index (χ3v) is 6.57. The molecule has 2 fully saturated rings. The molecule has 0 unspecified atom stereocenters. The van der Waals surface area contributed by atoms with Gasteiger partial charge >= 0.3 is 0 Å². The molecule has 2 saturated heterocycles. The van der Waals surface area contributed by atoms with E-state index in [2.05, 4.69) is 32.9 Å². The number of ether oxygens (including phenoxy) is 1. The van der Waals surface area contributed by atoms with Crippen LogP contribution in [0.3, 0.4) is 0 Å². The van der Waals surface area contributed by atoms with Gasteiger partial charge in [0.05, 0.1) is 24.5 Å². The Hall–Kier alpha value is -3.64. The number of hydrogen-bond donors (Lipinski definition) is 0. The van der Waals surface area contributed by atoms with Gasteiger partial charge in [-0.25, -0.2) is 9.96 Å². The molecular weight excluding hydrogens is 428 g/mol. The van der Waals surface area contributed by atoms with E-state index in [-0.39, 0.29) is 17.2 Å². The van der Waals surface area contributed by atoms with Gasteiger partial charge in [0.15, 0.2) is 6.10 Å². The first-order valence-corrected chi connectivity index (χ1v) is 11.4. The van der Waals surface area contributed by atoms with E-state index in [0.717, 1.165) is 11.3 Å². The molecule has 0 bridgehead atoms. The smallest absolute Gasteiger partial charge is 0.266 e. The Balaban J connectivity index is 1.55. The van der Waals surface area contributed by atoms with Crippen molar-refractivity contribution in [2.45, 2.75) is 38.3 Å². The van der Waals surface area contributed by atoms with E-state index in [1.807, 2.05) is 42.5 Å². The molecule has 0 aliphatic carbocycles. The number of para-hydroxylation sites is 1. The molecule has 3 aromatic rings. The summed E-state index contributed by atoms with van der Waals surface area (Å²) >= 11 is 0. The zero-order valence-electron chi connectivity index (χ0n) is 19.8. The normalized spacial score (nSPS) is 22.3. The topological polar surface area (TPSA) is 59.1 Å². The van der Waals surface area contributed by atoms with Crippen molar-refractivity contribution < 1.29 is 19.2 Å². The number of imide groups is 1. The minimum absolute atomic E-state index is 0.0106. The number of methoxy groups -OCH3 is 1. The van der Waals surface area contributed by atoms with Crippen LogP contribution in [0.2, 0.25) is 0 Å². The van der Waals surface area contributed by atoms with Gasteiger partial charge in [0, 0.05) is 0 Å². The van der Waals surface area contributed by atoms with Gasteiger partial charge in [-0.15, -0.1) is 0 Å². The van der Waals surface area contributed by atoms with E-state index < -0.39 is 18.1 Å². The van der Waals surface area contributed by atoms with E-state index in [9.17, 15) is 9.59 Å². The summed E-state index contributed by atoms with van der Waals surface area (Å²) in [4.78, 5) is 34.6. The first kappa shape index (κ1) is 22.2. The van der Waals surface area contributed by atoms with Crippen molar-refractivity contribution in [2.24, 2.45) is 5.92 Å². The lowest BCUT2D eigenvalue weighted by Crippen LogP contribution is -2.37. The van der Waals surface area contributed by atoms with Gasteiger partial charge in [0.2, 0.25) is 5.91 Å². The molecule has 0 saturated carbocycles. The van der Waals surface area contributed by atoms with Gasteiger partial charge in [-0.3, -0.25) is 14.4 Å². The Bertz CT molecular complexity index is 1200. The van der Waals surface area contributed by atoms with Crippen LogP contribution in [0.5, 0.6) is 5.75 Å². The van der Waals surface area contributed by atoms with Gasteiger partial charge in [-0.2, -0.15) is 0 Å². The molecule has 2 aliphatic heterocycles. The molecule has 0 aromatic heterocycles. The summed E-state index contributed by atoms with van der Waals surface area (Å²) in [6, 6.07) is 24.4. The van der Waals surface area contributed by atoms with E-state index in [1.54, 1.807) is 36.4 Å². The monoisotopic (exact) mass is 456 g/mol. The number of hydrogen-bond acceptors (Lipinski definition) is 5. The number of hydroxylamine groups is 1. The number of benzene rings is 3. The fraction of sp³-hybridized carbons (Fsp3) is 0.286. The van der Waals surface area contributed by atoms with Crippen molar-refractivity contribution in [3.05, 3.63) is 90.0 Å². The van der Waals surface area contributed by atoms with Crippen molar-refractivity contribution >= 4 is 23.2 Å². The van der Waals surface area contributed by atoms with Crippen LogP contribution in [0.25, 0.3) is 0 Å². The molecule has 0 spiro atoms. The molecule has 0 N–H and O–H groups in total. The number of amides is 2. The highest BCUT2D eigenvalue weighted by Crippen LogP contribution is 2.47. The summed E-state index contributed by atoms with van der Waals surface area (Å²) in [5, 5.41) is 1.72. The van der Waals surface area contributed by atoms with Crippen LogP contribution in [0.15, 0.2) is 78.9 Å². The number of carbonyl (C=O) groups excluding carboxylic acids is 2. The van der Waals surface area contributed by atoms with Crippen molar-refractivity contribution in [3.63, 3.8) is 0 Å². The third-order valence-electron chi connectivity index (χ3n) is 6.57. The molecule has 34 heavy (non-hydrogen) atoms. The van der Waals surface area contributed by atoms with Crippen LogP contribution in [-0.2, 0) is 19.8 Å². The van der Waals surface area contributed by atoms with Gasteiger partial charge in [0.1, 0.15) is 11.7 Å². The van der Waals surface area contributed by atoms with Crippen LogP contribution < -0.4 is 14.7 Å². The van der Waals surface area contributed by atoms with E-state index in [1.165, 1.54) is 10.5 Å². The predicted octanol–water partition coefficient (Wildman–Crippen LogP) is 5.04. The average molecular weight is 457 g/mol. The van der Waals surface area contributed by atoms with Gasteiger partial charge in [0.25, 0.3) is 5.91 Å². The van der Waals surface area contributed by atoms with E-state index in [4.69, 9.17) is 9.57 Å². The lowest BCUT2D eigenvalue weighted by molar-refractivity contribution is -0.126. The minimum atomic E-state index is -0.887. The number of nitrogens with zero attached hydrogens (tertiary/aromatic N) is 2. The lowest BCUT2D eigenvalue weighted by Gasteiger charge is -2.29. The molecule has 2 aliphatic rings. The van der Waals surface area contributed by atoms with Crippen LogP contribution in [-0.4, -0.2) is 25.0 Å². The molecule has 3 atom stereocenters. The van der Waals surface area contributed by atoms with Crippen LogP contribution in [0, 0.1) is 5.92 Å². The largest absolute Gasteiger partial charge is 0.497 e. The van der Waals surface area contributed by atoms with Gasteiger partial charge < -0.3 is 4.74 Å². The number of anilines is 2. The SMILES string of the molecule is COc1ccc(N2C(=O)[C@H]3[C@H](ON(c4ccccc4)[C@H]3c3ccc(C(C)(C)C)cc3)C2=O)cc1. The third kappa shape index (κ3) is 3.64. The zero-order valence-corrected chi connectivity index (χ0v) is 19.8. The first-order valence-electron chi connectivity index (χ1n) is 11.4. The Morgan fingerprint density at radius 2 is 1.44 bits per heavy atom. The first-order chi connectivity index (χ1) is 16.3. The van der Waals surface area contributed by atoms with E-state index >= 15 is 0 Å². The maximum absolute atomic E-state index is 13.7. The zero-order chi connectivity index (χ0) is 24.0. The Kier molecular flexibility index (Phi) is 5.41. The molecule has 6 heteroatoms. The standard InChI is InChI=1S/C28H28N2O4/c1-28(2,3)19-12-10-18(11-13-19)24-23-25(34-30(24)21-8-6-5-7-9-21)27(32)29(26(23)31)20-14-16-22(33-4)17-15-20/h5-17,23-25H,1-4H3/t23-,24+,25+/m1/s1. The maximum atomic E-state index is 13.7. The molecule has 3 aromatic carbocycles. The van der Waals surface area contributed by atoms with Crippen molar-refractivity contribution in [1.29, 1.82) is 0 Å². The Morgan fingerprint density at radius 1 is 0.794 bits per heavy atom. The van der Waals surface area contributed by atoms with Gasteiger partial charge in [-0.1, -0.05) is 63.2 Å². The fourth-order valence-corrected chi connectivity index (χ4v) is 4.72. The summed E-state index contributed by atoms with van der Waals surface area (Å²) in [5.41, 5.74) is 3.46. The summed E-state index contributed by atoms with van der Waals surface area (Å²) in [5.74, 6) is -0.611. The molecule has 2 heterocycles. The molecule has 0 radical (unpaired) electrons. The average Bonchev–Trinajstić information content (AvgIpc) is 3.35.